The third kappa shape index (κ3) is 5.21. The monoisotopic (exact) mass is 417 g/mol. The van der Waals surface area contributed by atoms with Crippen molar-refractivity contribution < 1.29 is 19.4 Å². The first kappa shape index (κ1) is 21.7. The van der Waals surface area contributed by atoms with Crippen LogP contribution in [0.4, 0.5) is 0 Å². The summed E-state index contributed by atoms with van der Waals surface area (Å²) in [6.45, 7) is 5.48. The normalized spacial score (nSPS) is 29.6. The quantitative estimate of drug-likeness (QED) is 0.727. The fraction of sp³-hybridized carbons (Fsp3) is 0.696. The van der Waals surface area contributed by atoms with Gasteiger partial charge in [-0.2, -0.15) is 0 Å². The molecule has 0 aliphatic carbocycles. The van der Waals surface area contributed by atoms with E-state index in [2.05, 4.69) is 15.1 Å². The van der Waals surface area contributed by atoms with Gasteiger partial charge in [0, 0.05) is 19.6 Å². The number of hydrogen-bond donors (Lipinski definition) is 2. The number of nitrogens with one attached hydrogen (secondary N) is 1. The number of carbonyl (C=O) groups excluding carboxylic acids is 1. The summed E-state index contributed by atoms with van der Waals surface area (Å²) in [4.78, 5) is 17.5. The molecule has 2 N–H and O–H groups in total. The molecule has 30 heavy (non-hydrogen) atoms. The zero-order valence-corrected chi connectivity index (χ0v) is 17.8. The number of aliphatic hydroxyl groups excluding tert-OH is 1. The summed E-state index contributed by atoms with van der Waals surface area (Å²) in [6, 6.07) is 9.92. The van der Waals surface area contributed by atoms with E-state index < -0.39 is 11.6 Å². The minimum Gasteiger partial charge on any atom is -0.389 e. The summed E-state index contributed by atoms with van der Waals surface area (Å²) in [5.74, 6) is -0.00397. The molecular weight excluding hydrogens is 382 g/mol. The van der Waals surface area contributed by atoms with E-state index in [1.165, 1.54) is 12.8 Å². The van der Waals surface area contributed by atoms with Gasteiger partial charge >= 0.3 is 0 Å². The Morgan fingerprint density at radius 3 is 2.40 bits per heavy atom. The number of β-amino-alcohol motifs (C(OH)–C–C–N with tert-alkyl or cyclic N) is 1. The smallest absolute Gasteiger partial charge is 0.234 e. The molecule has 3 fully saturated rings. The van der Waals surface area contributed by atoms with Gasteiger partial charge in [0.2, 0.25) is 5.91 Å². The van der Waals surface area contributed by atoms with Crippen molar-refractivity contribution in [1.29, 1.82) is 0 Å². The first-order valence-electron chi connectivity index (χ1n) is 11.4. The van der Waals surface area contributed by atoms with E-state index in [4.69, 9.17) is 9.47 Å². The van der Waals surface area contributed by atoms with Crippen LogP contribution in [0.25, 0.3) is 0 Å². The third-order valence-corrected chi connectivity index (χ3v) is 6.64. The molecule has 1 aromatic rings. The van der Waals surface area contributed by atoms with Gasteiger partial charge in [-0.3, -0.25) is 14.6 Å². The lowest BCUT2D eigenvalue weighted by molar-refractivity contribution is -0.129. The minimum absolute atomic E-state index is 0.00397. The van der Waals surface area contributed by atoms with Gasteiger partial charge < -0.3 is 19.9 Å². The van der Waals surface area contributed by atoms with Gasteiger partial charge in [-0.05, 0) is 37.9 Å². The van der Waals surface area contributed by atoms with Crippen LogP contribution in [0.15, 0.2) is 30.3 Å². The number of rotatable bonds is 6. The van der Waals surface area contributed by atoms with Gasteiger partial charge in [-0.15, -0.1) is 0 Å². The molecule has 2 atom stereocenters. The average Bonchev–Trinajstić information content (AvgIpc) is 3.13. The van der Waals surface area contributed by atoms with Gasteiger partial charge in [-0.1, -0.05) is 43.2 Å². The highest BCUT2D eigenvalue weighted by atomic mass is 16.7. The molecule has 166 valence electrons. The van der Waals surface area contributed by atoms with Crippen LogP contribution < -0.4 is 5.32 Å². The van der Waals surface area contributed by atoms with Gasteiger partial charge in [0.25, 0.3) is 0 Å². The molecular formula is C23H35N3O4. The van der Waals surface area contributed by atoms with E-state index in [9.17, 15) is 9.90 Å². The molecule has 0 saturated carbocycles. The first-order valence-corrected chi connectivity index (χ1v) is 11.4. The topological polar surface area (TPSA) is 74.3 Å². The Kier molecular flexibility index (Phi) is 7.38. The van der Waals surface area contributed by atoms with Crippen molar-refractivity contribution in [3.8, 4) is 0 Å². The maximum Gasteiger partial charge on any atom is 0.234 e. The summed E-state index contributed by atoms with van der Waals surface area (Å²) in [6.07, 6.45) is 4.52. The number of amides is 1. The Labute approximate surface area is 179 Å². The lowest BCUT2D eigenvalue weighted by atomic mass is 9.78. The van der Waals surface area contributed by atoms with Crippen molar-refractivity contribution in [3.63, 3.8) is 0 Å². The highest BCUT2D eigenvalue weighted by Crippen LogP contribution is 2.34. The summed E-state index contributed by atoms with van der Waals surface area (Å²) in [5, 5.41) is 14.5. The van der Waals surface area contributed by atoms with Gasteiger partial charge in [-0.25, -0.2) is 0 Å². The van der Waals surface area contributed by atoms with Crippen molar-refractivity contribution in [2.75, 3.05) is 52.5 Å². The van der Waals surface area contributed by atoms with Crippen LogP contribution in [0, 0.1) is 0 Å². The number of hydrogen-bond acceptors (Lipinski definition) is 6. The van der Waals surface area contributed by atoms with Crippen LogP contribution in [0.1, 0.15) is 37.7 Å². The Morgan fingerprint density at radius 2 is 1.73 bits per heavy atom. The number of ether oxygens (including phenoxy) is 2. The Hall–Kier alpha value is -1.51. The molecule has 7 nitrogen and oxygen atoms in total. The standard InChI is InChI=1S/C23H35N3O4/c27-20-16-26(18-22-29-14-15-30-22)13-10-23(20,19-8-4-3-5-9-19)24-21(28)17-25-11-6-1-2-7-12-25/h3-5,8-9,20,22,27H,1-2,6-7,10-18H2,(H,24,28)/t20-,23+/m1/s1. The minimum atomic E-state index is -0.766. The van der Waals surface area contributed by atoms with Crippen LogP contribution in [0.2, 0.25) is 0 Å². The fourth-order valence-corrected chi connectivity index (χ4v) is 4.96. The van der Waals surface area contributed by atoms with Crippen molar-refractivity contribution in [2.45, 2.75) is 50.0 Å². The van der Waals surface area contributed by atoms with E-state index in [1.54, 1.807) is 0 Å². The molecule has 1 amide bonds. The second-order valence-corrected chi connectivity index (χ2v) is 8.77. The van der Waals surface area contributed by atoms with E-state index in [1.807, 2.05) is 30.3 Å². The number of likely N-dealkylation sites (tertiary alicyclic amines) is 2. The number of nitrogens with zero attached hydrogens (tertiary/aromatic N) is 2. The number of piperidine rings is 1. The van der Waals surface area contributed by atoms with E-state index in [-0.39, 0.29) is 12.2 Å². The number of aliphatic hydroxyl groups is 1. The molecule has 0 radical (unpaired) electrons. The van der Waals surface area contributed by atoms with E-state index >= 15 is 0 Å². The highest BCUT2D eigenvalue weighted by molar-refractivity contribution is 5.79. The molecule has 0 aromatic heterocycles. The maximum atomic E-state index is 13.1. The predicted octanol–water partition coefficient (Wildman–Crippen LogP) is 1.31. The molecule has 0 bridgehead atoms. The summed E-state index contributed by atoms with van der Waals surface area (Å²) in [5.41, 5.74) is 0.202. The van der Waals surface area contributed by atoms with E-state index in [0.717, 1.165) is 38.0 Å². The Bertz CT molecular complexity index is 674. The van der Waals surface area contributed by atoms with Crippen molar-refractivity contribution in [3.05, 3.63) is 35.9 Å². The largest absolute Gasteiger partial charge is 0.389 e. The zero-order valence-electron chi connectivity index (χ0n) is 17.8. The second kappa shape index (κ2) is 10.2. The highest BCUT2D eigenvalue weighted by Gasteiger charge is 2.45. The van der Waals surface area contributed by atoms with Gasteiger partial charge in [0.1, 0.15) is 0 Å². The van der Waals surface area contributed by atoms with E-state index in [0.29, 0.717) is 39.3 Å². The summed E-state index contributed by atoms with van der Waals surface area (Å²) >= 11 is 0. The van der Waals surface area contributed by atoms with Crippen molar-refractivity contribution in [2.24, 2.45) is 0 Å². The maximum absolute atomic E-state index is 13.1. The van der Waals surface area contributed by atoms with Crippen molar-refractivity contribution in [1.82, 2.24) is 15.1 Å². The van der Waals surface area contributed by atoms with Gasteiger partial charge in [0.05, 0.1) is 31.4 Å². The third-order valence-electron chi connectivity index (χ3n) is 6.64. The molecule has 4 rings (SSSR count). The molecule has 7 heteroatoms. The number of carbonyl (C=O) groups is 1. The molecule has 3 aliphatic rings. The molecule has 1 aromatic carbocycles. The second-order valence-electron chi connectivity index (χ2n) is 8.77. The zero-order chi connectivity index (χ0) is 20.8. The first-order chi connectivity index (χ1) is 14.7. The Morgan fingerprint density at radius 1 is 1.03 bits per heavy atom. The predicted molar refractivity (Wildman–Crippen MR) is 114 cm³/mol. The van der Waals surface area contributed by atoms with Crippen LogP contribution in [-0.2, 0) is 19.8 Å². The number of benzene rings is 1. The fourth-order valence-electron chi connectivity index (χ4n) is 4.96. The average molecular weight is 418 g/mol. The van der Waals surface area contributed by atoms with Crippen LogP contribution in [0.5, 0.6) is 0 Å². The Balaban J connectivity index is 1.45. The lowest BCUT2D eigenvalue weighted by Crippen LogP contribution is -2.63. The molecule has 3 aliphatic heterocycles. The molecule has 3 saturated heterocycles. The molecule has 0 unspecified atom stereocenters. The van der Waals surface area contributed by atoms with Gasteiger partial charge in [0.15, 0.2) is 6.29 Å². The molecule has 3 heterocycles. The lowest BCUT2D eigenvalue weighted by Gasteiger charge is -2.46. The van der Waals surface area contributed by atoms with Crippen LogP contribution in [0.3, 0.4) is 0 Å². The summed E-state index contributed by atoms with van der Waals surface area (Å²) < 4.78 is 11.1. The van der Waals surface area contributed by atoms with Crippen molar-refractivity contribution >= 4 is 5.91 Å². The SMILES string of the molecule is O=C(CN1CCCCCC1)N[C@]1(c2ccccc2)CCN(CC2OCCO2)C[C@H]1O. The summed E-state index contributed by atoms with van der Waals surface area (Å²) in [7, 11) is 0. The van der Waals surface area contributed by atoms with Crippen LogP contribution >= 0.6 is 0 Å². The van der Waals surface area contributed by atoms with Crippen LogP contribution in [-0.4, -0.2) is 85.7 Å². The molecule has 0 spiro atoms.